The topological polar surface area (TPSA) is 75.4 Å². The third kappa shape index (κ3) is 1.93. The molecule has 5 nitrogen and oxygen atoms in total. The maximum Gasteiger partial charge on any atom is 0.174 e. The summed E-state index contributed by atoms with van der Waals surface area (Å²) in [6.45, 7) is 2.97. The lowest BCUT2D eigenvalue weighted by atomic mass is 9.89. The average molecular weight is 210 g/mol. The summed E-state index contributed by atoms with van der Waals surface area (Å²) in [7, 11) is 0. The van der Waals surface area contributed by atoms with Crippen LogP contribution >= 0.6 is 0 Å². The molecule has 0 bridgehead atoms. The fraction of sp³-hybridized carbons (Fsp3) is 0.600. The van der Waals surface area contributed by atoms with Crippen molar-refractivity contribution in [1.29, 1.82) is 0 Å². The minimum atomic E-state index is -0.562. The number of aliphatic hydroxyl groups is 1. The molecular formula is C10H14N2O3. The molecule has 0 saturated carbocycles. The van der Waals surface area contributed by atoms with Crippen LogP contribution in [0, 0.1) is 12.8 Å². The molecule has 82 valence electrons. The van der Waals surface area contributed by atoms with Crippen LogP contribution in [0.3, 0.4) is 0 Å². The molecule has 1 fully saturated rings. The monoisotopic (exact) mass is 210 g/mol. The van der Waals surface area contributed by atoms with Crippen molar-refractivity contribution < 1.29 is 14.4 Å². The second-order valence-corrected chi connectivity index (χ2v) is 3.83. The number of nitrogens with one attached hydrogen (secondary N) is 1. The van der Waals surface area contributed by atoms with E-state index in [0.29, 0.717) is 24.3 Å². The van der Waals surface area contributed by atoms with E-state index in [1.165, 1.54) is 6.20 Å². The van der Waals surface area contributed by atoms with Crippen LogP contribution in [0.2, 0.25) is 0 Å². The van der Waals surface area contributed by atoms with Crippen LogP contribution in [0.5, 0.6) is 0 Å². The number of nitrogens with zero attached hydrogens (tertiary/aromatic N) is 1. The van der Waals surface area contributed by atoms with E-state index in [1.54, 1.807) is 6.92 Å². The lowest BCUT2D eigenvalue weighted by Crippen LogP contribution is -2.44. The molecule has 2 rings (SSSR count). The summed E-state index contributed by atoms with van der Waals surface area (Å²) in [6.07, 6.45) is 1.47. The molecule has 15 heavy (non-hydrogen) atoms. The van der Waals surface area contributed by atoms with Gasteiger partial charge in [-0.2, -0.15) is 0 Å². The molecule has 0 aliphatic carbocycles. The zero-order chi connectivity index (χ0) is 10.8. The van der Waals surface area contributed by atoms with E-state index in [2.05, 4.69) is 10.5 Å². The summed E-state index contributed by atoms with van der Waals surface area (Å²) >= 11 is 0. The summed E-state index contributed by atoms with van der Waals surface area (Å²) < 4.78 is 4.84. The lowest BCUT2D eigenvalue weighted by molar-refractivity contribution is 0.0571. The molecule has 0 aromatic carbocycles. The highest BCUT2D eigenvalue weighted by molar-refractivity contribution is 5.98. The molecule has 1 aliphatic rings. The van der Waals surface area contributed by atoms with Crippen LogP contribution in [0.1, 0.15) is 22.5 Å². The van der Waals surface area contributed by atoms with Crippen LogP contribution < -0.4 is 5.32 Å². The number of hydrogen-bond donors (Lipinski definition) is 2. The number of piperidine rings is 1. The molecule has 0 amide bonds. The average Bonchev–Trinajstić information content (AvgIpc) is 2.64. The zero-order valence-corrected chi connectivity index (χ0v) is 8.56. The van der Waals surface area contributed by atoms with E-state index < -0.39 is 6.10 Å². The van der Waals surface area contributed by atoms with E-state index in [-0.39, 0.29) is 11.7 Å². The summed E-state index contributed by atoms with van der Waals surface area (Å²) in [5, 5.41) is 16.4. The van der Waals surface area contributed by atoms with Gasteiger partial charge in [-0.1, -0.05) is 5.16 Å². The Kier molecular flexibility index (Phi) is 2.83. The Labute approximate surface area is 87.5 Å². The number of carbonyl (C=O) groups excluding carboxylic acids is 1. The summed E-state index contributed by atoms with van der Waals surface area (Å²) in [6, 6.07) is 0. The lowest BCUT2D eigenvalue weighted by Gasteiger charge is -2.26. The van der Waals surface area contributed by atoms with Gasteiger partial charge in [-0.15, -0.1) is 0 Å². The quantitative estimate of drug-likeness (QED) is 0.679. The Bertz CT molecular complexity index is 361. The van der Waals surface area contributed by atoms with Crippen molar-refractivity contribution in [2.45, 2.75) is 19.4 Å². The molecule has 1 saturated heterocycles. The minimum absolute atomic E-state index is 0.0894. The number of hydrogen-bond acceptors (Lipinski definition) is 5. The Balaban J connectivity index is 2.17. The molecule has 1 aromatic rings. The smallest absolute Gasteiger partial charge is 0.174 e. The van der Waals surface area contributed by atoms with Crippen molar-refractivity contribution in [2.24, 2.45) is 5.92 Å². The van der Waals surface area contributed by atoms with E-state index in [4.69, 9.17) is 4.52 Å². The maximum absolute atomic E-state index is 12.0. The summed E-state index contributed by atoms with van der Waals surface area (Å²) in [5.41, 5.74) is 0.475. The van der Waals surface area contributed by atoms with Crippen LogP contribution in [-0.2, 0) is 0 Å². The van der Waals surface area contributed by atoms with Crippen LogP contribution in [0.15, 0.2) is 10.7 Å². The van der Waals surface area contributed by atoms with E-state index in [9.17, 15) is 9.90 Å². The second-order valence-electron chi connectivity index (χ2n) is 3.83. The van der Waals surface area contributed by atoms with Gasteiger partial charge in [-0.25, -0.2) is 0 Å². The Hall–Kier alpha value is -1.20. The highest BCUT2D eigenvalue weighted by Crippen LogP contribution is 2.19. The maximum atomic E-state index is 12.0. The van der Waals surface area contributed by atoms with Gasteiger partial charge in [0.15, 0.2) is 5.78 Å². The van der Waals surface area contributed by atoms with Crippen LogP contribution in [-0.4, -0.2) is 35.2 Å². The molecule has 0 radical (unpaired) electrons. The molecule has 1 aliphatic heterocycles. The molecule has 2 unspecified atom stereocenters. The Morgan fingerprint density at radius 2 is 2.53 bits per heavy atom. The number of Topliss-reactive ketones (excluding diaryl/α,β-unsaturated/α-hetero) is 1. The summed E-state index contributed by atoms with van der Waals surface area (Å²) in [4.78, 5) is 12.0. The molecule has 2 N–H and O–H groups in total. The third-order valence-electron chi connectivity index (χ3n) is 2.80. The van der Waals surface area contributed by atoms with Crippen molar-refractivity contribution in [1.82, 2.24) is 10.5 Å². The SMILES string of the molecule is Cc1oncc1C(=O)C1CNCCC1O. The first kappa shape index (κ1) is 10.3. The third-order valence-corrected chi connectivity index (χ3v) is 2.80. The second kappa shape index (κ2) is 4.12. The largest absolute Gasteiger partial charge is 0.392 e. The Morgan fingerprint density at radius 3 is 3.13 bits per heavy atom. The number of aromatic nitrogens is 1. The van der Waals surface area contributed by atoms with Crippen molar-refractivity contribution in [3.63, 3.8) is 0 Å². The van der Waals surface area contributed by atoms with Gasteiger partial charge in [-0.3, -0.25) is 4.79 Å². The van der Waals surface area contributed by atoms with Gasteiger partial charge in [0.1, 0.15) is 5.76 Å². The van der Waals surface area contributed by atoms with Gasteiger partial charge in [0.25, 0.3) is 0 Å². The van der Waals surface area contributed by atoms with Gasteiger partial charge >= 0.3 is 0 Å². The van der Waals surface area contributed by atoms with Gasteiger partial charge < -0.3 is 14.9 Å². The first-order valence-electron chi connectivity index (χ1n) is 5.04. The van der Waals surface area contributed by atoms with E-state index in [1.807, 2.05) is 0 Å². The number of carbonyl (C=O) groups is 1. The fourth-order valence-electron chi connectivity index (χ4n) is 1.85. The molecule has 2 heterocycles. The van der Waals surface area contributed by atoms with E-state index in [0.717, 1.165) is 6.54 Å². The van der Waals surface area contributed by atoms with Crippen molar-refractivity contribution in [2.75, 3.05) is 13.1 Å². The number of ketones is 1. The minimum Gasteiger partial charge on any atom is -0.392 e. The summed E-state index contributed by atoms with van der Waals surface area (Å²) in [5.74, 6) is 0.0445. The van der Waals surface area contributed by atoms with Crippen LogP contribution in [0.25, 0.3) is 0 Å². The highest BCUT2D eigenvalue weighted by atomic mass is 16.5. The van der Waals surface area contributed by atoms with Crippen molar-refractivity contribution in [3.05, 3.63) is 17.5 Å². The zero-order valence-electron chi connectivity index (χ0n) is 8.56. The van der Waals surface area contributed by atoms with Gasteiger partial charge in [0.05, 0.1) is 23.8 Å². The van der Waals surface area contributed by atoms with Gasteiger partial charge in [0.2, 0.25) is 0 Å². The molecule has 0 spiro atoms. The predicted molar refractivity (Wildman–Crippen MR) is 52.6 cm³/mol. The highest BCUT2D eigenvalue weighted by Gasteiger charge is 2.31. The van der Waals surface area contributed by atoms with Crippen molar-refractivity contribution in [3.8, 4) is 0 Å². The van der Waals surface area contributed by atoms with Gasteiger partial charge in [-0.05, 0) is 19.9 Å². The normalized spacial score (nSPS) is 26.5. The molecular weight excluding hydrogens is 196 g/mol. The number of rotatable bonds is 2. The Morgan fingerprint density at radius 1 is 1.73 bits per heavy atom. The molecule has 5 heteroatoms. The van der Waals surface area contributed by atoms with Crippen molar-refractivity contribution >= 4 is 5.78 Å². The number of aryl methyl sites for hydroxylation is 1. The standard InChI is InChI=1S/C10H14N2O3/c1-6-7(5-12-15-6)10(14)8-4-11-3-2-9(8)13/h5,8-9,11,13H,2-4H2,1H3. The first-order valence-corrected chi connectivity index (χ1v) is 5.04. The van der Waals surface area contributed by atoms with Gasteiger partial charge in [0, 0.05) is 6.54 Å². The predicted octanol–water partition coefficient (Wildman–Crippen LogP) is 0.136. The fourth-order valence-corrected chi connectivity index (χ4v) is 1.85. The van der Waals surface area contributed by atoms with Crippen LogP contribution in [0.4, 0.5) is 0 Å². The molecule has 1 aromatic heterocycles. The van der Waals surface area contributed by atoms with E-state index >= 15 is 0 Å². The molecule has 2 atom stereocenters. The number of aliphatic hydroxyl groups excluding tert-OH is 1. The first-order chi connectivity index (χ1) is 7.20.